The highest BCUT2D eigenvalue weighted by Crippen LogP contribution is 2.32. The second-order valence-corrected chi connectivity index (χ2v) is 5.28. The molecule has 114 valence electrons. The summed E-state index contributed by atoms with van der Waals surface area (Å²) in [6.07, 6.45) is 0.690. The molecule has 0 aliphatic carbocycles. The fraction of sp³-hybridized carbons (Fsp3) is 0.250. The number of carbonyl (C=O) groups is 2. The van der Waals surface area contributed by atoms with E-state index in [1.807, 2.05) is 13.0 Å². The highest BCUT2D eigenvalue weighted by molar-refractivity contribution is 6.26. The Labute approximate surface area is 127 Å². The molecule has 2 amide bonds. The molecule has 2 aromatic rings. The van der Waals surface area contributed by atoms with Gasteiger partial charge in [-0.25, -0.2) is 0 Å². The molecule has 1 atom stereocenters. The number of hydrogen-bond acceptors (Lipinski definition) is 5. The Kier molecular flexibility index (Phi) is 3.79. The topological polar surface area (TPSA) is 93.4 Å². The number of anilines is 1. The Morgan fingerprint density at radius 2 is 1.91 bits per heavy atom. The Bertz CT molecular complexity index is 737. The molecule has 1 aliphatic heterocycles. The molecule has 0 bridgehead atoms. The molecular weight excluding hydrogens is 282 g/mol. The van der Waals surface area contributed by atoms with Crippen molar-refractivity contribution < 1.29 is 14.4 Å². The van der Waals surface area contributed by atoms with Crippen molar-refractivity contribution in [3.8, 4) is 0 Å². The maximum atomic E-state index is 11.9. The quantitative estimate of drug-likeness (QED) is 0.578. The minimum atomic E-state index is -0.377. The molecule has 22 heavy (non-hydrogen) atoms. The Balaban J connectivity index is 2.03. The first-order valence-corrected chi connectivity index (χ1v) is 7.15. The highest BCUT2D eigenvalue weighted by Gasteiger charge is 2.25. The lowest BCUT2D eigenvalue weighted by Gasteiger charge is -2.20. The molecule has 0 fully saturated rings. The molecule has 1 unspecified atom stereocenters. The van der Waals surface area contributed by atoms with Gasteiger partial charge in [0.2, 0.25) is 0 Å². The van der Waals surface area contributed by atoms with Gasteiger partial charge in [0.05, 0.1) is 11.8 Å². The molecule has 4 N–H and O–H groups in total. The second-order valence-electron chi connectivity index (χ2n) is 5.28. The summed E-state index contributed by atoms with van der Waals surface area (Å²) < 4.78 is 0. The van der Waals surface area contributed by atoms with E-state index in [0.29, 0.717) is 28.7 Å². The van der Waals surface area contributed by atoms with Crippen LogP contribution < -0.4 is 16.5 Å². The van der Waals surface area contributed by atoms with Gasteiger partial charge in [-0.15, -0.1) is 0 Å². The Hall–Kier alpha value is -2.44. The highest BCUT2D eigenvalue weighted by atomic mass is 16.7. The standard InChI is InChI=1S/C16H17N3O3/c1-9(7-8-17)22-19-13-6-5-12-14-10(13)3-2-4-11(14)15(20)18-16(12)21/h2-6,9,19H,7-8,17H2,1H3,(H,18,20,21). The average molecular weight is 299 g/mol. The van der Waals surface area contributed by atoms with Gasteiger partial charge in [0.1, 0.15) is 0 Å². The molecule has 3 rings (SSSR count). The number of amides is 2. The first kappa shape index (κ1) is 14.5. The lowest BCUT2D eigenvalue weighted by Crippen LogP contribution is -2.34. The molecular formula is C16H17N3O3. The van der Waals surface area contributed by atoms with E-state index in [9.17, 15) is 9.59 Å². The molecule has 2 aromatic carbocycles. The third-order valence-electron chi connectivity index (χ3n) is 3.70. The lowest BCUT2D eigenvalue weighted by molar-refractivity contribution is 0.0844. The van der Waals surface area contributed by atoms with Crippen molar-refractivity contribution in [2.75, 3.05) is 12.0 Å². The van der Waals surface area contributed by atoms with Crippen molar-refractivity contribution in [1.29, 1.82) is 0 Å². The third kappa shape index (κ3) is 2.43. The molecule has 0 radical (unpaired) electrons. The normalized spacial score (nSPS) is 14.8. The van der Waals surface area contributed by atoms with Crippen molar-refractivity contribution in [2.45, 2.75) is 19.4 Å². The summed E-state index contributed by atoms with van der Waals surface area (Å²) in [5, 5.41) is 3.76. The smallest absolute Gasteiger partial charge is 0.258 e. The zero-order chi connectivity index (χ0) is 15.7. The SMILES string of the molecule is CC(CCN)ONc1ccc2c3c(cccc13)C(=O)NC2=O. The number of nitrogens with one attached hydrogen (secondary N) is 2. The second kappa shape index (κ2) is 5.75. The monoisotopic (exact) mass is 299 g/mol. The van der Waals surface area contributed by atoms with Gasteiger partial charge >= 0.3 is 0 Å². The van der Waals surface area contributed by atoms with Gasteiger partial charge in [0.15, 0.2) is 0 Å². The van der Waals surface area contributed by atoms with Crippen LogP contribution in [0.3, 0.4) is 0 Å². The predicted molar refractivity (Wildman–Crippen MR) is 83.6 cm³/mol. The van der Waals surface area contributed by atoms with E-state index in [2.05, 4.69) is 10.8 Å². The largest absolute Gasteiger partial charge is 0.330 e. The number of carbonyl (C=O) groups excluding carboxylic acids is 2. The van der Waals surface area contributed by atoms with E-state index in [1.54, 1.807) is 24.3 Å². The maximum absolute atomic E-state index is 11.9. The summed E-state index contributed by atoms with van der Waals surface area (Å²) in [6, 6.07) is 8.80. The van der Waals surface area contributed by atoms with Crippen LogP contribution in [-0.2, 0) is 4.84 Å². The molecule has 0 spiro atoms. The Morgan fingerprint density at radius 3 is 2.64 bits per heavy atom. The van der Waals surface area contributed by atoms with Crippen LogP contribution in [-0.4, -0.2) is 24.5 Å². The van der Waals surface area contributed by atoms with Crippen molar-refractivity contribution in [2.24, 2.45) is 5.73 Å². The van der Waals surface area contributed by atoms with Crippen molar-refractivity contribution >= 4 is 28.3 Å². The molecule has 0 saturated heterocycles. The van der Waals surface area contributed by atoms with Crippen LogP contribution in [0.5, 0.6) is 0 Å². The summed E-state index contributed by atoms with van der Waals surface area (Å²) in [5.74, 6) is -0.754. The summed E-state index contributed by atoms with van der Waals surface area (Å²) in [6.45, 7) is 2.46. The number of benzene rings is 2. The summed E-state index contributed by atoms with van der Waals surface area (Å²) in [4.78, 5) is 29.4. The van der Waals surface area contributed by atoms with Gasteiger partial charge in [0.25, 0.3) is 11.8 Å². The fourth-order valence-corrected chi connectivity index (χ4v) is 2.57. The minimum absolute atomic E-state index is 0.0410. The van der Waals surface area contributed by atoms with Crippen LogP contribution in [0.4, 0.5) is 5.69 Å². The van der Waals surface area contributed by atoms with Gasteiger partial charge in [-0.1, -0.05) is 12.1 Å². The number of nitrogens with two attached hydrogens (primary N) is 1. The zero-order valence-corrected chi connectivity index (χ0v) is 12.2. The predicted octanol–water partition coefficient (Wildman–Crippen LogP) is 1.80. The van der Waals surface area contributed by atoms with Gasteiger partial charge in [-0.05, 0) is 38.1 Å². The summed E-state index contributed by atoms with van der Waals surface area (Å²) >= 11 is 0. The van der Waals surface area contributed by atoms with Gasteiger partial charge in [-0.3, -0.25) is 25.2 Å². The van der Waals surface area contributed by atoms with Crippen LogP contribution in [0.2, 0.25) is 0 Å². The van der Waals surface area contributed by atoms with E-state index in [-0.39, 0.29) is 17.9 Å². The van der Waals surface area contributed by atoms with E-state index in [4.69, 9.17) is 10.6 Å². The van der Waals surface area contributed by atoms with Crippen LogP contribution in [0, 0.1) is 0 Å². The van der Waals surface area contributed by atoms with Crippen molar-refractivity contribution in [1.82, 2.24) is 5.32 Å². The third-order valence-corrected chi connectivity index (χ3v) is 3.70. The molecule has 6 nitrogen and oxygen atoms in total. The van der Waals surface area contributed by atoms with Crippen molar-refractivity contribution in [3.63, 3.8) is 0 Å². The van der Waals surface area contributed by atoms with E-state index in [0.717, 1.165) is 11.8 Å². The number of rotatable bonds is 5. The first-order valence-electron chi connectivity index (χ1n) is 7.15. The van der Waals surface area contributed by atoms with Crippen LogP contribution in [0.25, 0.3) is 10.8 Å². The lowest BCUT2D eigenvalue weighted by atomic mass is 9.94. The summed E-state index contributed by atoms with van der Waals surface area (Å²) in [7, 11) is 0. The van der Waals surface area contributed by atoms with Crippen LogP contribution in [0.15, 0.2) is 30.3 Å². The minimum Gasteiger partial charge on any atom is -0.330 e. The van der Waals surface area contributed by atoms with Gasteiger partial charge in [-0.2, -0.15) is 0 Å². The maximum Gasteiger partial charge on any atom is 0.258 e. The van der Waals surface area contributed by atoms with Gasteiger partial charge < -0.3 is 5.73 Å². The first-order chi connectivity index (χ1) is 10.6. The molecule has 0 saturated carbocycles. The number of hydrogen-bond donors (Lipinski definition) is 3. The average Bonchev–Trinajstić information content (AvgIpc) is 2.51. The molecule has 1 heterocycles. The molecule has 6 heteroatoms. The Morgan fingerprint density at radius 1 is 1.18 bits per heavy atom. The molecule has 0 aromatic heterocycles. The van der Waals surface area contributed by atoms with Gasteiger partial charge in [0, 0.05) is 21.9 Å². The van der Waals surface area contributed by atoms with Crippen LogP contribution in [0.1, 0.15) is 34.1 Å². The zero-order valence-electron chi connectivity index (χ0n) is 12.2. The molecule has 1 aliphatic rings. The van der Waals surface area contributed by atoms with Crippen molar-refractivity contribution in [3.05, 3.63) is 41.5 Å². The van der Waals surface area contributed by atoms with E-state index in [1.165, 1.54) is 0 Å². The number of imide groups is 1. The fourth-order valence-electron chi connectivity index (χ4n) is 2.57. The van der Waals surface area contributed by atoms with E-state index < -0.39 is 0 Å². The van der Waals surface area contributed by atoms with E-state index >= 15 is 0 Å². The van der Waals surface area contributed by atoms with Crippen LogP contribution >= 0.6 is 0 Å². The summed E-state index contributed by atoms with van der Waals surface area (Å²) in [5.41, 5.74) is 10.1.